The average Bonchev–Trinajstić information content (AvgIpc) is 3.07. The summed E-state index contributed by atoms with van der Waals surface area (Å²) < 4.78 is 11.3. The van der Waals surface area contributed by atoms with Gasteiger partial charge in [0.1, 0.15) is 11.5 Å². The van der Waals surface area contributed by atoms with Crippen LogP contribution in [0.4, 0.5) is 0 Å². The Bertz CT molecular complexity index is 873. The van der Waals surface area contributed by atoms with Crippen LogP contribution in [0.15, 0.2) is 46.3 Å². The van der Waals surface area contributed by atoms with Gasteiger partial charge in [-0.2, -0.15) is 5.26 Å². The van der Waals surface area contributed by atoms with Gasteiger partial charge in [0.2, 0.25) is 0 Å². The van der Waals surface area contributed by atoms with Gasteiger partial charge in [-0.3, -0.25) is 4.79 Å². The molecule has 4 nitrogen and oxygen atoms in total. The predicted octanol–water partition coefficient (Wildman–Crippen LogP) is 3.10. The molecule has 1 aromatic rings. The van der Waals surface area contributed by atoms with Crippen molar-refractivity contribution < 1.29 is 13.9 Å². The lowest BCUT2D eigenvalue weighted by atomic mass is 9.68. The maximum Gasteiger partial charge on any atom is 0.155 e. The number of furan rings is 1. The Hall–Kier alpha value is -2.12. The molecule has 4 saturated carbocycles. The maximum absolute atomic E-state index is 12.8. The Morgan fingerprint density at radius 1 is 1.35 bits per heavy atom. The second-order valence-corrected chi connectivity index (χ2v) is 7.66. The fourth-order valence-electron chi connectivity index (χ4n) is 6.61. The van der Waals surface area contributed by atoms with Gasteiger partial charge < -0.3 is 9.15 Å². The number of carbonyl (C=O) groups excluding carboxylic acids is 1. The molecule has 2 spiro atoms. The fraction of sp³-hybridized carbons (Fsp3) is 0.474. The van der Waals surface area contributed by atoms with Gasteiger partial charge in [0.25, 0.3) is 0 Å². The highest BCUT2D eigenvalue weighted by Gasteiger charge is 2.96. The molecule has 0 amide bonds. The van der Waals surface area contributed by atoms with Gasteiger partial charge in [0, 0.05) is 22.8 Å². The lowest BCUT2D eigenvalue weighted by molar-refractivity contribution is -0.128. The van der Waals surface area contributed by atoms with Crippen LogP contribution in [0.2, 0.25) is 0 Å². The van der Waals surface area contributed by atoms with Crippen molar-refractivity contribution in [2.45, 2.75) is 25.4 Å². The topological polar surface area (TPSA) is 63.2 Å². The van der Waals surface area contributed by atoms with Crippen LogP contribution in [-0.4, -0.2) is 12.4 Å². The lowest BCUT2D eigenvalue weighted by Gasteiger charge is -2.32. The molecule has 0 radical (unpaired) electrons. The summed E-state index contributed by atoms with van der Waals surface area (Å²) in [5.74, 6) is 0.568. The smallest absolute Gasteiger partial charge is 0.155 e. The van der Waals surface area contributed by atoms with Crippen LogP contribution in [0.25, 0.3) is 0 Å². The quantitative estimate of drug-likeness (QED) is 0.800. The molecular weight excluding hydrogens is 290 g/mol. The molecular formula is C19H15NO3. The highest BCUT2D eigenvalue weighted by molar-refractivity contribution is 5.99. The van der Waals surface area contributed by atoms with Crippen LogP contribution in [0.3, 0.4) is 0 Å². The number of ketones is 1. The molecule has 114 valence electrons. The summed E-state index contributed by atoms with van der Waals surface area (Å²) in [4.78, 5) is 12.8. The number of allylic oxidation sites excluding steroid dienone is 1. The van der Waals surface area contributed by atoms with E-state index in [-0.39, 0.29) is 22.7 Å². The largest absolute Gasteiger partial charge is 0.472 e. The number of carbonyl (C=O) groups is 1. The van der Waals surface area contributed by atoms with Crippen LogP contribution >= 0.6 is 0 Å². The average molecular weight is 305 g/mol. The van der Waals surface area contributed by atoms with Crippen molar-refractivity contribution in [3.05, 3.63) is 47.5 Å². The minimum Gasteiger partial charge on any atom is -0.472 e. The van der Waals surface area contributed by atoms with Crippen LogP contribution in [0, 0.1) is 33.5 Å². The zero-order chi connectivity index (χ0) is 15.4. The molecule has 4 bridgehead atoms. The lowest BCUT2D eigenvalue weighted by Crippen LogP contribution is -2.36. The first-order valence-corrected chi connectivity index (χ1v) is 8.21. The summed E-state index contributed by atoms with van der Waals surface area (Å²) in [7, 11) is 0. The van der Waals surface area contributed by atoms with Crippen molar-refractivity contribution in [1.29, 1.82) is 5.26 Å². The van der Waals surface area contributed by atoms with Gasteiger partial charge in [-0.05, 0) is 36.0 Å². The van der Waals surface area contributed by atoms with E-state index in [1.807, 2.05) is 6.07 Å². The first-order valence-electron chi connectivity index (χ1n) is 8.21. The molecule has 7 rings (SSSR count). The minimum atomic E-state index is -0.849. The van der Waals surface area contributed by atoms with E-state index in [9.17, 15) is 10.1 Å². The number of hydrogen-bond donors (Lipinski definition) is 0. The third-order valence-corrected chi connectivity index (χ3v) is 7.16. The SMILES string of the molecule is N#C[C@@]12C(=O)C[C@H]3C[C@@]14C=CC1=C([C@@H](c5ccoc5)OC1)[C@]42C3. The van der Waals surface area contributed by atoms with Crippen LogP contribution < -0.4 is 0 Å². The molecule has 4 heteroatoms. The number of ether oxygens (including phenoxy) is 1. The Morgan fingerprint density at radius 2 is 2.26 bits per heavy atom. The van der Waals surface area contributed by atoms with Gasteiger partial charge in [-0.15, -0.1) is 0 Å². The molecule has 2 heterocycles. The Balaban J connectivity index is 1.62. The van der Waals surface area contributed by atoms with E-state index in [1.54, 1.807) is 12.5 Å². The van der Waals surface area contributed by atoms with Crippen molar-refractivity contribution in [1.82, 2.24) is 0 Å². The van der Waals surface area contributed by atoms with Crippen molar-refractivity contribution in [3.8, 4) is 6.07 Å². The first kappa shape index (κ1) is 12.3. The molecule has 1 aliphatic heterocycles. The molecule has 23 heavy (non-hydrogen) atoms. The van der Waals surface area contributed by atoms with Crippen molar-refractivity contribution >= 4 is 5.78 Å². The third-order valence-electron chi connectivity index (χ3n) is 7.16. The van der Waals surface area contributed by atoms with Crippen molar-refractivity contribution in [2.75, 3.05) is 6.61 Å². The van der Waals surface area contributed by atoms with E-state index >= 15 is 0 Å². The summed E-state index contributed by atoms with van der Waals surface area (Å²) in [6.07, 6.45) is 9.98. The third kappa shape index (κ3) is 0.948. The molecule has 5 aliphatic carbocycles. The standard InChI is InChI=1S/C19H15NO3/c20-10-19-14(21)5-11-6-17(19)3-1-12-9-23-16(13-2-4-22-8-13)15(12)18(17,19)7-11/h1-4,8,11,16H,5-7,9H2/t11-,16+,17+,18+,19+/m0/s1. The molecule has 0 unspecified atom stereocenters. The van der Waals surface area contributed by atoms with Gasteiger partial charge in [-0.1, -0.05) is 12.2 Å². The van der Waals surface area contributed by atoms with E-state index in [0.717, 1.165) is 18.4 Å². The van der Waals surface area contributed by atoms with E-state index in [2.05, 4.69) is 18.2 Å². The molecule has 6 aliphatic rings. The van der Waals surface area contributed by atoms with E-state index in [1.165, 1.54) is 11.1 Å². The van der Waals surface area contributed by atoms with E-state index in [0.29, 0.717) is 18.9 Å². The number of nitrogens with zero attached hydrogens (tertiary/aromatic N) is 1. The first-order chi connectivity index (χ1) is 11.2. The molecule has 1 aromatic heterocycles. The number of fused-ring (bicyclic) bond motifs is 1. The highest BCUT2D eigenvalue weighted by Crippen LogP contribution is 2.94. The molecule has 0 saturated heterocycles. The number of Topliss-reactive ketones (excluding diaryl/α,β-unsaturated/α-hetero) is 1. The van der Waals surface area contributed by atoms with Crippen LogP contribution in [-0.2, 0) is 9.53 Å². The summed E-state index contributed by atoms with van der Waals surface area (Å²) in [6.45, 7) is 0.555. The van der Waals surface area contributed by atoms with Gasteiger partial charge >= 0.3 is 0 Å². The zero-order valence-electron chi connectivity index (χ0n) is 12.5. The second-order valence-electron chi connectivity index (χ2n) is 7.66. The van der Waals surface area contributed by atoms with Crippen molar-refractivity contribution in [3.63, 3.8) is 0 Å². The Labute approximate surface area is 133 Å². The number of rotatable bonds is 1. The molecule has 4 fully saturated rings. The Morgan fingerprint density at radius 3 is 3.04 bits per heavy atom. The number of nitriles is 1. The zero-order valence-corrected chi connectivity index (χ0v) is 12.5. The van der Waals surface area contributed by atoms with Gasteiger partial charge in [-0.25, -0.2) is 0 Å². The maximum atomic E-state index is 12.8. The normalized spacial score (nSPS) is 48.2. The molecule has 0 aromatic carbocycles. The van der Waals surface area contributed by atoms with E-state index < -0.39 is 5.41 Å². The fourth-order valence-corrected chi connectivity index (χ4v) is 6.61. The van der Waals surface area contributed by atoms with Crippen LogP contribution in [0.1, 0.15) is 30.9 Å². The summed E-state index contributed by atoms with van der Waals surface area (Å²) in [5, 5.41) is 10.0. The number of hydrogen-bond acceptors (Lipinski definition) is 4. The monoisotopic (exact) mass is 305 g/mol. The summed E-state index contributed by atoms with van der Waals surface area (Å²) in [5.41, 5.74) is 1.90. The highest BCUT2D eigenvalue weighted by atomic mass is 16.5. The Kier molecular flexibility index (Phi) is 1.80. The van der Waals surface area contributed by atoms with Crippen molar-refractivity contribution in [2.24, 2.45) is 22.2 Å². The molecule has 0 N–H and O–H groups in total. The second kappa shape index (κ2) is 3.37. The predicted molar refractivity (Wildman–Crippen MR) is 78.8 cm³/mol. The van der Waals surface area contributed by atoms with Gasteiger partial charge in [0.15, 0.2) is 5.78 Å². The van der Waals surface area contributed by atoms with Gasteiger partial charge in [0.05, 0.1) is 25.2 Å². The molecule has 5 atom stereocenters. The summed E-state index contributed by atoms with van der Waals surface area (Å²) in [6, 6.07) is 4.40. The summed E-state index contributed by atoms with van der Waals surface area (Å²) >= 11 is 0. The van der Waals surface area contributed by atoms with E-state index in [4.69, 9.17) is 9.15 Å². The minimum absolute atomic E-state index is 0.152. The van der Waals surface area contributed by atoms with Crippen LogP contribution in [0.5, 0.6) is 0 Å².